The lowest BCUT2D eigenvalue weighted by Gasteiger charge is -2.02. The van der Waals surface area contributed by atoms with E-state index in [1.807, 2.05) is 16.9 Å². The molecule has 0 aliphatic rings. The lowest BCUT2D eigenvalue weighted by atomic mass is 10.4. The standard InChI is InChI=1S/C10H11N5S/c11-7-9-8(12)6-10(16-9)13-3-5-15-4-1-2-14-15/h1-2,4,6,13H,3,5,12H2. The molecule has 0 aliphatic carbocycles. The number of anilines is 2. The van der Waals surface area contributed by atoms with Gasteiger partial charge in [0.1, 0.15) is 10.9 Å². The van der Waals surface area contributed by atoms with Gasteiger partial charge in [0.2, 0.25) is 0 Å². The molecule has 2 heterocycles. The fourth-order valence-electron chi connectivity index (χ4n) is 1.31. The molecule has 0 radical (unpaired) electrons. The van der Waals surface area contributed by atoms with Crippen LogP contribution < -0.4 is 11.1 Å². The summed E-state index contributed by atoms with van der Waals surface area (Å²) in [6.07, 6.45) is 3.65. The highest BCUT2D eigenvalue weighted by Crippen LogP contribution is 2.27. The van der Waals surface area contributed by atoms with E-state index in [0.717, 1.165) is 18.1 Å². The molecule has 0 atom stereocenters. The smallest absolute Gasteiger partial charge is 0.129 e. The largest absolute Gasteiger partial charge is 0.397 e. The molecule has 3 N–H and O–H groups in total. The highest BCUT2D eigenvalue weighted by atomic mass is 32.1. The lowest BCUT2D eigenvalue weighted by molar-refractivity contribution is 0.638. The van der Waals surface area contributed by atoms with E-state index in [1.54, 1.807) is 12.3 Å². The van der Waals surface area contributed by atoms with Gasteiger partial charge in [-0.15, -0.1) is 11.3 Å². The van der Waals surface area contributed by atoms with Gasteiger partial charge in [0.15, 0.2) is 0 Å². The van der Waals surface area contributed by atoms with E-state index >= 15 is 0 Å². The molecule has 2 aromatic heterocycles. The number of nitrogens with two attached hydrogens (primary N) is 1. The molecular formula is C10H11N5S. The van der Waals surface area contributed by atoms with Crippen molar-refractivity contribution < 1.29 is 0 Å². The number of thiophene rings is 1. The Kier molecular flexibility index (Phi) is 3.08. The second kappa shape index (κ2) is 4.68. The van der Waals surface area contributed by atoms with E-state index in [9.17, 15) is 0 Å². The number of nitrogen functional groups attached to an aromatic ring is 1. The summed E-state index contributed by atoms with van der Waals surface area (Å²) < 4.78 is 1.84. The number of nitrogens with zero attached hydrogens (tertiary/aromatic N) is 3. The molecule has 0 bridgehead atoms. The first-order chi connectivity index (χ1) is 7.79. The maximum atomic E-state index is 8.75. The van der Waals surface area contributed by atoms with E-state index in [1.165, 1.54) is 11.3 Å². The van der Waals surface area contributed by atoms with Gasteiger partial charge in [0.25, 0.3) is 0 Å². The molecule has 0 spiro atoms. The van der Waals surface area contributed by atoms with Crippen molar-refractivity contribution in [1.29, 1.82) is 5.26 Å². The van der Waals surface area contributed by atoms with E-state index in [4.69, 9.17) is 11.0 Å². The van der Waals surface area contributed by atoms with Gasteiger partial charge in [-0.05, 0) is 12.1 Å². The zero-order chi connectivity index (χ0) is 11.4. The predicted octanol–water partition coefficient (Wildman–Crippen LogP) is 1.51. The Morgan fingerprint density at radius 3 is 3.12 bits per heavy atom. The number of hydrogen-bond donors (Lipinski definition) is 2. The molecule has 0 amide bonds. The Bertz CT molecular complexity index is 494. The van der Waals surface area contributed by atoms with Crippen LogP contribution >= 0.6 is 11.3 Å². The summed E-state index contributed by atoms with van der Waals surface area (Å²) in [5, 5.41) is 17.0. The van der Waals surface area contributed by atoms with Gasteiger partial charge in [-0.25, -0.2) is 0 Å². The molecule has 0 unspecified atom stereocenters. The Morgan fingerprint density at radius 1 is 1.62 bits per heavy atom. The molecule has 16 heavy (non-hydrogen) atoms. The SMILES string of the molecule is N#Cc1sc(NCCn2cccn2)cc1N. The molecule has 0 fully saturated rings. The van der Waals surface area contributed by atoms with E-state index < -0.39 is 0 Å². The van der Waals surface area contributed by atoms with Crippen LogP contribution in [-0.4, -0.2) is 16.3 Å². The van der Waals surface area contributed by atoms with Crippen LogP contribution in [-0.2, 0) is 6.54 Å². The van der Waals surface area contributed by atoms with Crippen molar-refractivity contribution in [2.75, 3.05) is 17.6 Å². The zero-order valence-corrected chi connectivity index (χ0v) is 9.37. The van der Waals surface area contributed by atoms with Crippen LogP contribution in [0.4, 0.5) is 10.7 Å². The number of hydrogen-bond acceptors (Lipinski definition) is 5. The zero-order valence-electron chi connectivity index (χ0n) is 8.55. The molecule has 82 valence electrons. The first-order valence-electron chi connectivity index (χ1n) is 4.80. The van der Waals surface area contributed by atoms with Crippen molar-refractivity contribution in [3.8, 4) is 6.07 Å². The summed E-state index contributed by atoms with van der Waals surface area (Å²) >= 11 is 1.37. The maximum Gasteiger partial charge on any atom is 0.129 e. The fourth-order valence-corrected chi connectivity index (χ4v) is 2.11. The van der Waals surface area contributed by atoms with Crippen LogP contribution in [0.3, 0.4) is 0 Å². The van der Waals surface area contributed by atoms with Crippen LogP contribution in [0, 0.1) is 11.3 Å². The number of nitrogens with one attached hydrogen (secondary N) is 1. The number of nitriles is 1. The molecule has 0 aromatic carbocycles. The summed E-state index contributed by atoms with van der Waals surface area (Å²) in [5.74, 6) is 0. The van der Waals surface area contributed by atoms with Crippen LogP contribution in [0.1, 0.15) is 4.88 Å². The second-order valence-electron chi connectivity index (χ2n) is 3.20. The predicted molar refractivity (Wildman–Crippen MR) is 64.2 cm³/mol. The molecule has 0 aliphatic heterocycles. The molecule has 0 saturated carbocycles. The molecule has 5 nitrogen and oxygen atoms in total. The highest BCUT2D eigenvalue weighted by Gasteiger charge is 2.04. The minimum absolute atomic E-state index is 0.536. The van der Waals surface area contributed by atoms with Gasteiger partial charge < -0.3 is 11.1 Å². The monoisotopic (exact) mass is 233 g/mol. The number of rotatable bonds is 4. The Balaban J connectivity index is 1.88. The first-order valence-corrected chi connectivity index (χ1v) is 5.62. The maximum absolute atomic E-state index is 8.75. The van der Waals surface area contributed by atoms with Crippen LogP contribution in [0.2, 0.25) is 0 Å². The van der Waals surface area contributed by atoms with Crippen molar-refractivity contribution in [1.82, 2.24) is 9.78 Å². The first kappa shape index (κ1) is 10.5. The Hall–Kier alpha value is -2.00. The van der Waals surface area contributed by atoms with Crippen molar-refractivity contribution in [2.24, 2.45) is 0 Å². The Labute approximate surface area is 97.1 Å². The average Bonchev–Trinajstić information content (AvgIpc) is 2.88. The molecular weight excluding hydrogens is 222 g/mol. The van der Waals surface area contributed by atoms with Crippen molar-refractivity contribution in [3.05, 3.63) is 29.4 Å². The molecule has 2 rings (SSSR count). The minimum Gasteiger partial charge on any atom is -0.397 e. The van der Waals surface area contributed by atoms with Gasteiger partial charge in [0.05, 0.1) is 17.2 Å². The fraction of sp³-hybridized carbons (Fsp3) is 0.200. The highest BCUT2D eigenvalue weighted by molar-refractivity contribution is 7.17. The molecule has 6 heteroatoms. The van der Waals surface area contributed by atoms with E-state index in [-0.39, 0.29) is 0 Å². The third kappa shape index (κ3) is 2.32. The van der Waals surface area contributed by atoms with Crippen molar-refractivity contribution >= 4 is 22.0 Å². The van der Waals surface area contributed by atoms with Crippen molar-refractivity contribution in [2.45, 2.75) is 6.54 Å². The summed E-state index contributed by atoms with van der Waals surface area (Å²) in [6.45, 7) is 1.54. The van der Waals surface area contributed by atoms with Crippen LogP contribution in [0.25, 0.3) is 0 Å². The van der Waals surface area contributed by atoms with Crippen LogP contribution in [0.15, 0.2) is 24.5 Å². The summed E-state index contributed by atoms with van der Waals surface area (Å²) in [4.78, 5) is 0.557. The number of aromatic nitrogens is 2. The third-order valence-electron chi connectivity index (χ3n) is 2.06. The molecule has 2 aromatic rings. The van der Waals surface area contributed by atoms with E-state index in [2.05, 4.69) is 16.5 Å². The summed E-state index contributed by atoms with van der Waals surface area (Å²) in [6, 6.07) is 5.73. The third-order valence-corrected chi connectivity index (χ3v) is 3.07. The summed E-state index contributed by atoms with van der Waals surface area (Å²) in [5.41, 5.74) is 6.18. The van der Waals surface area contributed by atoms with Gasteiger partial charge in [-0.1, -0.05) is 0 Å². The quantitative estimate of drug-likeness (QED) is 0.839. The van der Waals surface area contributed by atoms with Gasteiger partial charge >= 0.3 is 0 Å². The Morgan fingerprint density at radius 2 is 2.50 bits per heavy atom. The minimum atomic E-state index is 0.536. The summed E-state index contributed by atoms with van der Waals surface area (Å²) in [7, 11) is 0. The normalized spacial score (nSPS) is 9.94. The van der Waals surface area contributed by atoms with Crippen molar-refractivity contribution in [3.63, 3.8) is 0 Å². The van der Waals surface area contributed by atoms with Gasteiger partial charge in [-0.2, -0.15) is 10.4 Å². The second-order valence-corrected chi connectivity index (χ2v) is 4.26. The van der Waals surface area contributed by atoms with Crippen LogP contribution in [0.5, 0.6) is 0 Å². The topological polar surface area (TPSA) is 79.7 Å². The average molecular weight is 233 g/mol. The van der Waals surface area contributed by atoms with Gasteiger partial charge in [-0.3, -0.25) is 4.68 Å². The molecule has 0 saturated heterocycles. The van der Waals surface area contributed by atoms with E-state index in [0.29, 0.717) is 10.6 Å². The van der Waals surface area contributed by atoms with Gasteiger partial charge in [0, 0.05) is 18.9 Å². The lowest BCUT2D eigenvalue weighted by Crippen LogP contribution is -2.09.